The van der Waals surface area contributed by atoms with Gasteiger partial charge < -0.3 is 19.5 Å². The fraction of sp³-hybridized carbons (Fsp3) is 0.700. The van der Waals surface area contributed by atoms with Gasteiger partial charge in [0.1, 0.15) is 24.2 Å². The van der Waals surface area contributed by atoms with Gasteiger partial charge in [0.2, 0.25) is 0 Å². The molecule has 2 saturated heterocycles. The zero-order chi connectivity index (χ0) is 15.6. The van der Waals surface area contributed by atoms with Crippen molar-refractivity contribution >= 4 is 0 Å². The molecule has 0 radical (unpaired) electrons. The number of nitrogens with one attached hydrogen (secondary N) is 1. The monoisotopic (exact) mass is 325 g/mol. The minimum Gasteiger partial charge on any atom is -0.486 e. The molecule has 8 rings (SSSR count). The predicted octanol–water partition coefficient (Wildman–Crippen LogP) is 2.15. The van der Waals surface area contributed by atoms with Crippen molar-refractivity contribution in [1.29, 1.82) is 0 Å². The van der Waals surface area contributed by atoms with Crippen LogP contribution in [0, 0.1) is 11.3 Å². The third-order valence-corrected chi connectivity index (χ3v) is 8.58. The van der Waals surface area contributed by atoms with Crippen LogP contribution in [-0.4, -0.2) is 37.7 Å². The molecule has 0 amide bonds. The minimum absolute atomic E-state index is 0.129. The zero-order valence-corrected chi connectivity index (χ0v) is 13.8. The van der Waals surface area contributed by atoms with Crippen LogP contribution in [0.15, 0.2) is 18.2 Å². The molecule has 3 heterocycles. The van der Waals surface area contributed by atoms with Gasteiger partial charge in [-0.2, -0.15) is 0 Å². The molecule has 4 nitrogen and oxygen atoms in total. The van der Waals surface area contributed by atoms with Gasteiger partial charge in [0.25, 0.3) is 0 Å². The standard InChI is InChI=1S/C20H23NO3/c1-2-12-8-15-18-4-5-20(13(9-18)10-22-11-23-20)17-19(18,6-7-21-15)16(12)14(3-1)24-17/h1-3,13,15,17,21H,4-11H2/t13-,15-,17-,18-,19+,20-/m1/s1. The summed E-state index contributed by atoms with van der Waals surface area (Å²) < 4.78 is 18.9. The van der Waals surface area contributed by atoms with E-state index in [9.17, 15) is 0 Å². The average molecular weight is 325 g/mol. The Bertz CT molecular complexity index is 765. The van der Waals surface area contributed by atoms with Gasteiger partial charge in [0.15, 0.2) is 0 Å². The summed E-state index contributed by atoms with van der Waals surface area (Å²) in [5, 5.41) is 3.90. The summed E-state index contributed by atoms with van der Waals surface area (Å²) in [6.07, 6.45) is 6.17. The molecule has 3 saturated carbocycles. The third kappa shape index (κ3) is 1.10. The van der Waals surface area contributed by atoms with Gasteiger partial charge in [-0.15, -0.1) is 0 Å². The van der Waals surface area contributed by atoms with E-state index in [2.05, 4.69) is 23.5 Å². The molecule has 1 aromatic carbocycles. The summed E-state index contributed by atoms with van der Waals surface area (Å²) in [7, 11) is 0. The molecular formula is C20H23NO3. The first kappa shape index (κ1) is 13.2. The number of rotatable bonds is 0. The Morgan fingerprint density at radius 1 is 1.17 bits per heavy atom. The van der Waals surface area contributed by atoms with Gasteiger partial charge >= 0.3 is 0 Å². The lowest BCUT2D eigenvalue weighted by molar-refractivity contribution is -0.329. The van der Waals surface area contributed by atoms with E-state index < -0.39 is 0 Å². The van der Waals surface area contributed by atoms with Gasteiger partial charge in [-0.3, -0.25) is 0 Å². The zero-order valence-electron chi connectivity index (χ0n) is 13.8. The summed E-state index contributed by atoms with van der Waals surface area (Å²) in [5.41, 5.74) is 3.44. The summed E-state index contributed by atoms with van der Waals surface area (Å²) in [6, 6.07) is 7.30. The highest BCUT2D eigenvalue weighted by Gasteiger charge is 2.80. The quantitative estimate of drug-likeness (QED) is 0.793. The first-order valence-corrected chi connectivity index (χ1v) is 9.54. The molecule has 126 valence electrons. The summed E-state index contributed by atoms with van der Waals surface area (Å²) in [4.78, 5) is 0. The smallest absolute Gasteiger partial charge is 0.147 e. The van der Waals surface area contributed by atoms with Crippen LogP contribution in [-0.2, 0) is 21.3 Å². The maximum Gasteiger partial charge on any atom is 0.147 e. The van der Waals surface area contributed by atoms with Crippen molar-refractivity contribution in [2.75, 3.05) is 19.9 Å². The molecule has 24 heavy (non-hydrogen) atoms. The Hall–Kier alpha value is -1.10. The highest BCUT2D eigenvalue weighted by atomic mass is 16.7. The maximum absolute atomic E-state index is 6.76. The Morgan fingerprint density at radius 2 is 2.17 bits per heavy atom. The topological polar surface area (TPSA) is 39.7 Å². The molecule has 5 fully saturated rings. The molecule has 0 aromatic heterocycles. The lowest BCUT2D eigenvalue weighted by atomic mass is 9.35. The number of hydrogen-bond donors (Lipinski definition) is 1. The summed E-state index contributed by atoms with van der Waals surface area (Å²) >= 11 is 0. The molecule has 3 spiro atoms. The molecule has 1 N–H and O–H groups in total. The predicted molar refractivity (Wildman–Crippen MR) is 87.1 cm³/mol. The number of fused-ring (bicyclic) bond motifs is 1. The van der Waals surface area contributed by atoms with E-state index in [-0.39, 0.29) is 17.1 Å². The molecule has 4 aliphatic carbocycles. The Labute approximate surface area is 141 Å². The molecular weight excluding hydrogens is 302 g/mol. The number of hydrogen-bond acceptors (Lipinski definition) is 4. The molecule has 0 unspecified atom stereocenters. The number of benzene rings is 1. The molecule has 4 bridgehead atoms. The molecule has 4 heteroatoms. The fourth-order valence-corrected chi connectivity index (χ4v) is 7.89. The SMILES string of the molecule is c1cc2c3c(c1)O[C@H]1[C@@]45CC[C@@]6(C[C@@H]4COCO5)[C@@H](C2)NCC[C@]316. The second kappa shape index (κ2) is 3.84. The van der Waals surface area contributed by atoms with Crippen molar-refractivity contribution in [2.24, 2.45) is 11.3 Å². The molecule has 6 atom stereocenters. The van der Waals surface area contributed by atoms with Crippen LogP contribution in [0.5, 0.6) is 5.75 Å². The highest BCUT2D eigenvalue weighted by molar-refractivity contribution is 5.58. The lowest BCUT2D eigenvalue weighted by Crippen LogP contribution is -2.81. The second-order valence-corrected chi connectivity index (χ2v) is 8.87. The number of piperidine rings is 1. The van der Waals surface area contributed by atoms with Crippen molar-refractivity contribution < 1.29 is 14.2 Å². The molecule has 7 aliphatic rings. The van der Waals surface area contributed by atoms with Crippen LogP contribution in [0.4, 0.5) is 0 Å². The van der Waals surface area contributed by atoms with Crippen LogP contribution in [0.1, 0.15) is 36.8 Å². The van der Waals surface area contributed by atoms with Gasteiger partial charge in [0.05, 0.1) is 6.61 Å². The summed E-state index contributed by atoms with van der Waals surface area (Å²) in [6.45, 7) is 2.38. The van der Waals surface area contributed by atoms with Gasteiger partial charge in [0, 0.05) is 28.4 Å². The van der Waals surface area contributed by atoms with E-state index >= 15 is 0 Å². The third-order valence-electron chi connectivity index (χ3n) is 8.58. The molecule has 1 aromatic rings. The largest absolute Gasteiger partial charge is 0.486 e. The Morgan fingerprint density at radius 3 is 3.17 bits per heavy atom. The van der Waals surface area contributed by atoms with Crippen LogP contribution in [0.25, 0.3) is 0 Å². The second-order valence-electron chi connectivity index (χ2n) is 8.87. The van der Waals surface area contributed by atoms with Crippen molar-refractivity contribution in [1.82, 2.24) is 5.32 Å². The van der Waals surface area contributed by atoms with Gasteiger partial charge in [-0.1, -0.05) is 12.1 Å². The van der Waals surface area contributed by atoms with E-state index in [4.69, 9.17) is 14.2 Å². The van der Waals surface area contributed by atoms with Crippen LogP contribution in [0.3, 0.4) is 0 Å². The molecule has 3 aliphatic heterocycles. The van der Waals surface area contributed by atoms with Crippen LogP contribution < -0.4 is 10.1 Å². The van der Waals surface area contributed by atoms with Crippen LogP contribution >= 0.6 is 0 Å². The van der Waals surface area contributed by atoms with E-state index in [1.807, 2.05) is 0 Å². The average Bonchev–Trinajstić information content (AvgIpc) is 2.96. The van der Waals surface area contributed by atoms with Crippen molar-refractivity contribution in [3.05, 3.63) is 29.3 Å². The van der Waals surface area contributed by atoms with E-state index in [0.29, 0.717) is 24.2 Å². The first-order chi connectivity index (χ1) is 11.8. The minimum atomic E-state index is -0.129. The van der Waals surface area contributed by atoms with E-state index in [1.165, 1.54) is 24.8 Å². The van der Waals surface area contributed by atoms with E-state index in [1.54, 1.807) is 5.56 Å². The fourth-order valence-electron chi connectivity index (χ4n) is 7.89. The van der Waals surface area contributed by atoms with Gasteiger partial charge in [-0.25, -0.2) is 0 Å². The highest BCUT2D eigenvalue weighted by Crippen LogP contribution is 2.75. The summed E-state index contributed by atoms with van der Waals surface area (Å²) in [5.74, 6) is 1.63. The van der Waals surface area contributed by atoms with Crippen LogP contribution in [0.2, 0.25) is 0 Å². The van der Waals surface area contributed by atoms with Gasteiger partial charge in [-0.05, 0) is 50.3 Å². The normalized spacial score (nSPS) is 52.4. The first-order valence-electron chi connectivity index (χ1n) is 9.54. The number of ether oxygens (including phenoxy) is 3. The van der Waals surface area contributed by atoms with E-state index in [0.717, 1.165) is 31.7 Å². The lowest BCUT2D eigenvalue weighted by Gasteiger charge is -2.73. The Balaban J connectivity index is 1.57. The Kier molecular flexibility index (Phi) is 2.11. The maximum atomic E-state index is 6.76. The van der Waals surface area contributed by atoms with Crippen molar-refractivity contribution in [3.63, 3.8) is 0 Å². The van der Waals surface area contributed by atoms with Crippen molar-refractivity contribution in [3.8, 4) is 5.75 Å². The van der Waals surface area contributed by atoms with Crippen molar-refractivity contribution in [2.45, 2.75) is 55.3 Å².